The standard InChI is InChI=1S/C29H32BrCl2N3O5S/c1-18(2)33-29(37)20(4)34(16-21-8-9-22(31)14-26(21)32)28(36)17-35(23-10-6-19(3)7-11-23)41(38,39)24-12-13-27(40-5)25(30)15-24/h6-15,18,20H,16-17H2,1-5H3,(H,33,37)/t20-/m1/s1. The summed E-state index contributed by atoms with van der Waals surface area (Å²) >= 11 is 15.8. The van der Waals surface area contributed by atoms with Crippen molar-refractivity contribution in [3.63, 3.8) is 0 Å². The van der Waals surface area contributed by atoms with Crippen LogP contribution in [0.3, 0.4) is 0 Å². The lowest BCUT2D eigenvalue weighted by molar-refractivity contribution is -0.139. The van der Waals surface area contributed by atoms with Crippen molar-refractivity contribution in [1.82, 2.24) is 10.2 Å². The van der Waals surface area contributed by atoms with Gasteiger partial charge in [0.15, 0.2) is 0 Å². The number of rotatable bonds is 11. The third kappa shape index (κ3) is 8.16. The fourth-order valence-electron chi connectivity index (χ4n) is 4.00. The summed E-state index contributed by atoms with van der Waals surface area (Å²) in [6.07, 6.45) is 0. The van der Waals surface area contributed by atoms with Gasteiger partial charge in [0.05, 0.1) is 22.2 Å². The van der Waals surface area contributed by atoms with Crippen LogP contribution in [0.4, 0.5) is 5.69 Å². The van der Waals surface area contributed by atoms with Gasteiger partial charge in [-0.05, 0) is 91.7 Å². The van der Waals surface area contributed by atoms with Gasteiger partial charge in [-0.3, -0.25) is 13.9 Å². The first-order chi connectivity index (χ1) is 19.2. The predicted molar refractivity (Wildman–Crippen MR) is 166 cm³/mol. The number of ether oxygens (including phenoxy) is 1. The van der Waals surface area contributed by atoms with Crippen LogP contribution in [0.25, 0.3) is 0 Å². The number of methoxy groups -OCH3 is 1. The molecule has 3 aromatic rings. The molecule has 0 fully saturated rings. The molecule has 3 aromatic carbocycles. The lowest BCUT2D eigenvalue weighted by Gasteiger charge is -2.32. The highest BCUT2D eigenvalue weighted by atomic mass is 79.9. The maximum Gasteiger partial charge on any atom is 0.264 e. The highest BCUT2D eigenvalue weighted by Gasteiger charge is 2.33. The van der Waals surface area contributed by atoms with Crippen molar-refractivity contribution in [2.75, 3.05) is 18.0 Å². The number of halogens is 3. The van der Waals surface area contributed by atoms with Gasteiger partial charge in [0, 0.05) is 22.6 Å². The van der Waals surface area contributed by atoms with Gasteiger partial charge in [0.25, 0.3) is 10.0 Å². The van der Waals surface area contributed by atoms with Crippen molar-refractivity contribution in [2.45, 2.75) is 51.2 Å². The van der Waals surface area contributed by atoms with E-state index in [-0.39, 0.29) is 23.4 Å². The molecule has 0 unspecified atom stereocenters. The monoisotopic (exact) mass is 683 g/mol. The van der Waals surface area contributed by atoms with Crippen molar-refractivity contribution in [1.29, 1.82) is 0 Å². The highest BCUT2D eigenvalue weighted by molar-refractivity contribution is 9.10. The van der Waals surface area contributed by atoms with E-state index in [1.165, 1.54) is 30.2 Å². The Morgan fingerprint density at radius 3 is 2.22 bits per heavy atom. The quantitative estimate of drug-likeness (QED) is 0.259. The van der Waals surface area contributed by atoms with Crippen LogP contribution in [0.1, 0.15) is 31.9 Å². The SMILES string of the molecule is COc1ccc(S(=O)(=O)N(CC(=O)N(Cc2ccc(Cl)cc2Cl)[C@H](C)C(=O)NC(C)C)c2ccc(C)cc2)cc1Br. The molecule has 0 saturated heterocycles. The van der Waals surface area contributed by atoms with Gasteiger partial charge in [-0.2, -0.15) is 0 Å². The Hall–Kier alpha value is -2.79. The zero-order chi connectivity index (χ0) is 30.5. The Bertz CT molecular complexity index is 1520. The minimum Gasteiger partial charge on any atom is -0.496 e. The smallest absolute Gasteiger partial charge is 0.264 e. The first-order valence-electron chi connectivity index (χ1n) is 12.7. The average molecular weight is 685 g/mol. The molecule has 0 aliphatic carbocycles. The molecule has 0 radical (unpaired) electrons. The Kier molecular flexibility index (Phi) is 11.1. The van der Waals surface area contributed by atoms with Crippen molar-refractivity contribution in [2.24, 2.45) is 0 Å². The van der Waals surface area contributed by atoms with E-state index in [0.29, 0.717) is 31.5 Å². The van der Waals surface area contributed by atoms with Gasteiger partial charge in [-0.15, -0.1) is 0 Å². The molecule has 0 bridgehead atoms. The summed E-state index contributed by atoms with van der Waals surface area (Å²) in [6.45, 7) is 6.47. The summed E-state index contributed by atoms with van der Waals surface area (Å²) in [5.74, 6) is -0.528. The van der Waals surface area contributed by atoms with E-state index >= 15 is 0 Å². The van der Waals surface area contributed by atoms with Gasteiger partial charge < -0.3 is 15.0 Å². The van der Waals surface area contributed by atoms with Gasteiger partial charge in [0.1, 0.15) is 18.3 Å². The number of nitrogens with one attached hydrogen (secondary N) is 1. The van der Waals surface area contributed by atoms with E-state index in [1.54, 1.807) is 49.4 Å². The van der Waals surface area contributed by atoms with Crippen LogP contribution in [-0.4, -0.2) is 50.9 Å². The predicted octanol–water partition coefficient (Wildman–Crippen LogP) is 6.21. The summed E-state index contributed by atoms with van der Waals surface area (Å²) in [5.41, 5.74) is 1.76. The van der Waals surface area contributed by atoms with E-state index in [1.807, 2.05) is 20.8 Å². The van der Waals surface area contributed by atoms with Crippen LogP contribution in [0.15, 0.2) is 70.0 Å². The minimum absolute atomic E-state index is 0.0443. The number of nitrogens with zero attached hydrogens (tertiary/aromatic N) is 2. The molecule has 0 aliphatic rings. The summed E-state index contributed by atoms with van der Waals surface area (Å²) in [4.78, 5) is 28.3. The molecular formula is C29H32BrCl2N3O5S. The minimum atomic E-state index is -4.24. The van der Waals surface area contributed by atoms with Crippen LogP contribution < -0.4 is 14.4 Å². The molecule has 12 heteroatoms. The van der Waals surface area contributed by atoms with Crippen molar-refractivity contribution >= 4 is 66.7 Å². The molecule has 1 atom stereocenters. The van der Waals surface area contributed by atoms with Crippen molar-refractivity contribution in [3.05, 3.63) is 86.3 Å². The van der Waals surface area contributed by atoms with Crippen molar-refractivity contribution < 1.29 is 22.7 Å². The Morgan fingerprint density at radius 1 is 1.00 bits per heavy atom. The summed E-state index contributed by atoms with van der Waals surface area (Å²) in [7, 11) is -2.76. The zero-order valence-corrected chi connectivity index (χ0v) is 27.2. The van der Waals surface area contributed by atoms with E-state index < -0.39 is 28.5 Å². The molecule has 1 N–H and O–H groups in total. The second-order valence-electron chi connectivity index (χ2n) is 9.74. The fourth-order valence-corrected chi connectivity index (χ4v) is 6.60. The molecule has 0 aliphatic heterocycles. The molecule has 3 rings (SSSR count). The molecule has 0 heterocycles. The molecule has 41 heavy (non-hydrogen) atoms. The lowest BCUT2D eigenvalue weighted by Crippen LogP contribution is -2.52. The molecule has 0 aromatic heterocycles. The molecule has 0 saturated carbocycles. The van der Waals surface area contributed by atoms with Crippen LogP contribution in [0, 0.1) is 6.92 Å². The zero-order valence-electron chi connectivity index (χ0n) is 23.3. The molecule has 0 spiro atoms. The second-order valence-corrected chi connectivity index (χ2v) is 13.3. The first-order valence-corrected chi connectivity index (χ1v) is 15.7. The number of anilines is 1. The number of sulfonamides is 1. The number of carbonyl (C=O) groups is 2. The number of benzene rings is 3. The Balaban J connectivity index is 2.07. The van der Waals surface area contributed by atoms with E-state index in [2.05, 4.69) is 21.2 Å². The lowest BCUT2D eigenvalue weighted by atomic mass is 10.1. The normalized spacial score (nSPS) is 12.1. The van der Waals surface area contributed by atoms with Gasteiger partial charge >= 0.3 is 0 Å². The Labute approximate surface area is 259 Å². The summed E-state index contributed by atoms with van der Waals surface area (Å²) in [6, 6.07) is 14.9. The number of carbonyl (C=O) groups excluding carboxylic acids is 2. The number of aryl methyl sites for hydroxylation is 1. The molecular weight excluding hydrogens is 653 g/mol. The van der Waals surface area contributed by atoms with Crippen LogP contribution in [0.5, 0.6) is 5.75 Å². The van der Waals surface area contributed by atoms with Gasteiger partial charge in [-0.25, -0.2) is 8.42 Å². The number of amides is 2. The number of hydrogen-bond donors (Lipinski definition) is 1. The van der Waals surface area contributed by atoms with E-state index in [0.717, 1.165) is 9.87 Å². The second kappa shape index (κ2) is 13.9. The average Bonchev–Trinajstić information content (AvgIpc) is 2.91. The van der Waals surface area contributed by atoms with E-state index in [4.69, 9.17) is 27.9 Å². The Morgan fingerprint density at radius 2 is 1.66 bits per heavy atom. The van der Waals surface area contributed by atoms with Crippen LogP contribution in [0.2, 0.25) is 10.0 Å². The largest absolute Gasteiger partial charge is 0.496 e. The topological polar surface area (TPSA) is 96.0 Å². The van der Waals surface area contributed by atoms with Crippen LogP contribution >= 0.6 is 39.1 Å². The van der Waals surface area contributed by atoms with Gasteiger partial charge in [-0.1, -0.05) is 47.0 Å². The summed E-state index contributed by atoms with van der Waals surface area (Å²) < 4.78 is 34.7. The number of hydrogen-bond acceptors (Lipinski definition) is 5. The van der Waals surface area contributed by atoms with Crippen molar-refractivity contribution in [3.8, 4) is 5.75 Å². The summed E-state index contributed by atoms with van der Waals surface area (Å²) in [5, 5.41) is 3.55. The first kappa shape index (κ1) is 32.7. The van der Waals surface area contributed by atoms with Crippen LogP contribution in [-0.2, 0) is 26.2 Å². The molecule has 220 valence electrons. The fraction of sp³-hybridized carbons (Fsp3) is 0.310. The molecule has 8 nitrogen and oxygen atoms in total. The maximum absolute atomic E-state index is 14.0. The molecule has 2 amide bonds. The van der Waals surface area contributed by atoms with E-state index in [9.17, 15) is 18.0 Å². The third-order valence-corrected chi connectivity index (χ3v) is 9.24. The third-order valence-electron chi connectivity index (χ3n) is 6.27. The van der Waals surface area contributed by atoms with Gasteiger partial charge in [0.2, 0.25) is 11.8 Å². The maximum atomic E-state index is 14.0. The highest BCUT2D eigenvalue weighted by Crippen LogP contribution is 2.31.